The zero-order chi connectivity index (χ0) is 27.5. The monoisotopic (exact) mass is 553 g/mol. The molecule has 0 radical (unpaired) electrons. The normalized spacial score (nSPS) is 16.1. The molecule has 0 saturated heterocycles. The van der Waals surface area contributed by atoms with Crippen LogP contribution in [-0.2, 0) is 16.5 Å². The maximum absolute atomic E-state index is 12.7. The number of hydrogen-bond acceptors (Lipinski definition) is 5. The standard InChI is InChI=1S/C30H26F3NO4S/c31-30(32,33)39(35,36)38-25-16-9-10-21(20-25)18-19-22-11-7-8-17-26(22)29-34-27(23-12-3-1-4-13-23)28(37-29)24-14-5-2-6-15-24/h1-6,9-10,12-17,20,22H,7-8,11,18-19H2/t22-/m0/s1. The van der Waals surface area contributed by atoms with Crippen LogP contribution in [0.3, 0.4) is 0 Å². The molecule has 0 fully saturated rings. The van der Waals surface area contributed by atoms with Crippen LogP contribution in [-0.4, -0.2) is 18.9 Å². The first kappa shape index (κ1) is 26.7. The van der Waals surface area contributed by atoms with Gasteiger partial charge >= 0.3 is 15.6 Å². The van der Waals surface area contributed by atoms with Crippen LogP contribution in [0, 0.1) is 5.92 Å². The molecule has 9 heteroatoms. The fourth-order valence-electron chi connectivity index (χ4n) is 4.79. The van der Waals surface area contributed by atoms with Gasteiger partial charge in [0, 0.05) is 16.7 Å². The van der Waals surface area contributed by atoms with Gasteiger partial charge in [-0.25, -0.2) is 4.98 Å². The fourth-order valence-corrected chi connectivity index (χ4v) is 5.25. The van der Waals surface area contributed by atoms with Gasteiger partial charge in [0.15, 0.2) is 5.76 Å². The number of benzene rings is 3. The number of aryl methyl sites for hydroxylation is 1. The molecule has 0 N–H and O–H groups in total. The van der Waals surface area contributed by atoms with E-state index < -0.39 is 15.6 Å². The molecule has 0 unspecified atom stereocenters. The lowest BCUT2D eigenvalue weighted by Gasteiger charge is -2.22. The molecule has 3 aromatic carbocycles. The second-order valence-corrected chi connectivity index (χ2v) is 10.9. The van der Waals surface area contributed by atoms with Crippen LogP contribution in [0.5, 0.6) is 5.75 Å². The Bertz CT molecular complexity index is 1510. The van der Waals surface area contributed by atoms with E-state index in [1.54, 1.807) is 6.07 Å². The number of hydrogen-bond donors (Lipinski definition) is 0. The molecular formula is C30H26F3NO4S. The summed E-state index contributed by atoms with van der Waals surface area (Å²) in [6.45, 7) is 0. The van der Waals surface area contributed by atoms with Gasteiger partial charge in [-0.1, -0.05) is 78.9 Å². The molecule has 0 aliphatic heterocycles. The third-order valence-electron chi connectivity index (χ3n) is 6.69. The van der Waals surface area contributed by atoms with Crippen molar-refractivity contribution in [2.75, 3.05) is 0 Å². The van der Waals surface area contributed by atoms with E-state index in [1.807, 2.05) is 60.7 Å². The Kier molecular flexibility index (Phi) is 7.61. The second kappa shape index (κ2) is 11.1. The lowest BCUT2D eigenvalue weighted by Crippen LogP contribution is -2.28. The van der Waals surface area contributed by atoms with Gasteiger partial charge in [0.25, 0.3) is 0 Å². The first-order valence-corrected chi connectivity index (χ1v) is 14.0. The van der Waals surface area contributed by atoms with Crippen LogP contribution in [0.25, 0.3) is 28.2 Å². The zero-order valence-electron chi connectivity index (χ0n) is 20.9. The van der Waals surface area contributed by atoms with Crippen LogP contribution in [0.1, 0.15) is 37.1 Å². The molecule has 1 aliphatic rings. The van der Waals surface area contributed by atoms with Crippen molar-refractivity contribution in [1.29, 1.82) is 0 Å². The molecule has 1 aromatic heterocycles. The van der Waals surface area contributed by atoms with E-state index >= 15 is 0 Å². The van der Waals surface area contributed by atoms with E-state index in [2.05, 4.69) is 10.3 Å². The number of halogens is 3. The maximum atomic E-state index is 12.7. The van der Waals surface area contributed by atoms with Gasteiger partial charge in [-0.3, -0.25) is 0 Å². The van der Waals surface area contributed by atoms with Crippen molar-refractivity contribution in [2.45, 2.75) is 37.6 Å². The molecule has 0 saturated carbocycles. The van der Waals surface area contributed by atoms with Crippen molar-refractivity contribution in [3.63, 3.8) is 0 Å². The molecule has 0 spiro atoms. The van der Waals surface area contributed by atoms with E-state index in [-0.39, 0.29) is 11.7 Å². The van der Waals surface area contributed by atoms with E-state index in [0.717, 1.165) is 41.7 Å². The van der Waals surface area contributed by atoms with Crippen LogP contribution in [0.4, 0.5) is 13.2 Å². The molecule has 0 bridgehead atoms. The second-order valence-electron chi connectivity index (χ2n) is 9.39. The maximum Gasteiger partial charge on any atom is 0.534 e. The zero-order valence-corrected chi connectivity index (χ0v) is 21.7. The Morgan fingerprint density at radius 1 is 0.923 bits per heavy atom. The quantitative estimate of drug-likeness (QED) is 0.163. The van der Waals surface area contributed by atoms with E-state index in [0.29, 0.717) is 30.1 Å². The summed E-state index contributed by atoms with van der Waals surface area (Å²) >= 11 is 0. The highest BCUT2D eigenvalue weighted by Crippen LogP contribution is 2.40. The average Bonchev–Trinajstić information content (AvgIpc) is 3.38. The first-order chi connectivity index (χ1) is 18.7. The highest BCUT2D eigenvalue weighted by molar-refractivity contribution is 7.88. The number of rotatable bonds is 8. The Labute approximate surface area is 225 Å². The van der Waals surface area contributed by atoms with Crippen molar-refractivity contribution >= 4 is 15.7 Å². The minimum Gasteiger partial charge on any atom is -0.436 e. The molecule has 1 aliphatic carbocycles. The molecule has 1 heterocycles. The van der Waals surface area contributed by atoms with Crippen LogP contribution in [0.2, 0.25) is 0 Å². The van der Waals surface area contributed by atoms with Gasteiger partial charge in [-0.15, -0.1) is 0 Å². The summed E-state index contributed by atoms with van der Waals surface area (Å²) in [5, 5.41) is 0. The number of allylic oxidation sites excluding steroid dienone is 2. The number of alkyl halides is 3. The molecule has 39 heavy (non-hydrogen) atoms. The van der Waals surface area contributed by atoms with Gasteiger partial charge in [-0.2, -0.15) is 21.6 Å². The molecule has 1 atom stereocenters. The number of nitrogens with zero attached hydrogens (tertiary/aromatic N) is 1. The van der Waals surface area contributed by atoms with Crippen molar-refractivity contribution in [3.05, 3.63) is 102 Å². The van der Waals surface area contributed by atoms with E-state index in [1.165, 1.54) is 18.2 Å². The molecule has 5 nitrogen and oxygen atoms in total. The van der Waals surface area contributed by atoms with Crippen LogP contribution in [0.15, 0.2) is 95.4 Å². The van der Waals surface area contributed by atoms with Gasteiger partial charge < -0.3 is 8.60 Å². The molecule has 5 rings (SSSR count). The molecular weight excluding hydrogens is 527 g/mol. The smallest absolute Gasteiger partial charge is 0.436 e. The first-order valence-electron chi connectivity index (χ1n) is 12.6. The fraction of sp³-hybridized carbons (Fsp3) is 0.233. The van der Waals surface area contributed by atoms with Gasteiger partial charge in [0.1, 0.15) is 11.4 Å². The summed E-state index contributed by atoms with van der Waals surface area (Å²) in [7, 11) is -5.73. The summed E-state index contributed by atoms with van der Waals surface area (Å²) in [5.74, 6) is 1.01. The van der Waals surface area contributed by atoms with Gasteiger partial charge in [-0.05, 0) is 55.7 Å². The minimum atomic E-state index is -5.73. The van der Waals surface area contributed by atoms with Crippen LogP contribution < -0.4 is 4.18 Å². The summed E-state index contributed by atoms with van der Waals surface area (Å²) in [6, 6.07) is 25.4. The molecule has 0 amide bonds. The summed E-state index contributed by atoms with van der Waals surface area (Å²) < 4.78 is 71.7. The van der Waals surface area contributed by atoms with E-state index in [9.17, 15) is 21.6 Å². The van der Waals surface area contributed by atoms with Crippen molar-refractivity contribution in [1.82, 2.24) is 4.98 Å². The van der Waals surface area contributed by atoms with Crippen molar-refractivity contribution < 1.29 is 30.2 Å². The summed E-state index contributed by atoms with van der Waals surface area (Å²) in [4.78, 5) is 4.93. The van der Waals surface area contributed by atoms with Gasteiger partial charge in [0.05, 0.1) is 0 Å². The van der Waals surface area contributed by atoms with Crippen molar-refractivity contribution in [2.24, 2.45) is 5.92 Å². The largest absolute Gasteiger partial charge is 0.534 e. The van der Waals surface area contributed by atoms with Crippen molar-refractivity contribution in [3.8, 4) is 28.3 Å². The lowest BCUT2D eigenvalue weighted by molar-refractivity contribution is -0.0500. The van der Waals surface area contributed by atoms with Gasteiger partial charge in [0.2, 0.25) is 5.89 Å². The SMILES string of the molecule is O=S(=O)(Oc1cccc(CC[C@@H]2CCCC=C2c2nc(-c3ccccc3)c(-c3ccccc3)o2)c1)C(F)(F)F. The van der Waals surface area contributed by atoms with E-state index in [4.69, 9.17) is 9.40 Å². The summed E-state index contributed by atoms with van der Waals surface area (Å²) in [6.07, 6.45) is 6.16. The minimum absolute atomic E-state index is 0.119. The third-order valence-corrected chi connectivity index (χ3v) is 7.67. The third kappa shape index (κ3) is 6.09. The predicted molar refractivity (Wildman–Crippen MR) is 143 cm³/mol. The Morgan fingerprint density at radius 3 is 2.31 bits per heavy atom. The Morgan fingerprint density at radius 2 is 1.62 bits per heavy atom. The van der Waals surface area contributed by atoms with Crippen LogP contribution >= 0.6 is 0 Å². The average molecular weight is 554 g/mol. The number of aromatic nitrogens is 1. The lowest BCUT2D eigenvalue weighted by atomic mass is 9.83. The summed E-state index contributed by atoms with van der Waals surface area (Å²) in [5.41, 5.74) is -1.17. The Balaban J connectivity index is 1.39. The number of oxazole rings is 1. The predicted octanol–water partition coefficient (Wildman–Crippen LogP) is 8.05. The highest BCUT2D eigenvalue weighted by Gasteiger charge is 2.48. The topological polar surface area (TPSA) is 69.4 Å². The molecule has 202 valence electrons. The highest BCUT2D eigenvalue weighted by atomic mass is 32.2. The molecule has 4 aromatic rings. The Hall–Kier alpha value is -3.85.